The summed E-state index contributed by atoms with van der Waals surface area (Å²) in [5, 5.41) is 0. The van der Waals surface area contributed by atoms with Gasteiger partial charge in [-0.2, -0.15) is 0 Å². The van der Waals surface area contributed by atoms with Gasteiger partial charge in [0.1, 0.15) is 6.20 Å². The van der Waals surface area contributed by atoms with Gasteiger partial charge in [-0.25, -0.2) is 0 Å². The van der Waals surface area contributed by atoms with Crippen molar-refractivity contribution in [1.82, 2.24) is 4.98 Å². The Morgan fingerprint density at radius 3 is 2.74 bits per heavy atom. The third-order valence-electron chi connectivity index (χ3n) is 2.98. The van der Waals surface area contributed by atoms with Gasteiger partial charge in [-0.15, -0.1) is 11.3 Å². The van der Waals surface area contributed by atoms with Crippen molar-refractivity contribution in [2.75, 3.05) is 4.90 Å². The van der Waals surface area contributed by atoms with E-state index in [0.29, 0.717) is 5.92 Å². The van der Waals surface area contributed by atoms with Crippen molar-refractivity contribution in [2.24, 2.45) is 5.92 Å². The molecule has 1 atom stereocenters. The predicted molar refractivity (Wildman–Crippen MR) is 77.4 cm³/mol. The van der Waals surface area contributed by atoms with E-state index in [1.54, 1.807) is 11.3 Å². The number of ether oxygens (including phenoxy) is 1. The number of anilines is 1. The molecule has 1 aromatic carbocycles. The predicted octanol–water partition coefficient (Wildman–Crippen LogP) is 3.76. The first kappa shape index (κ1) is 12.2. The Morgan fingerprint density at radius 2 is 2.11 bits per heavy atom. The van der Waals surface area contributed by atoms with Gasteiger partial charge in [0.05, 0.1) is 10.4 Å². The summed E-state index contributed by atoms with van der Waals surface area (Å²) < 4.78 is 6.04. The molecule has 0 saturated carbocycles. The van der Waals surface area contributed by atoms with Crippen LogP contribution in [0.1, 0.15) is 18.7 Å². The third-order valence-corrected chi connectivity index (χ3v) is 3.75. The van der Waals surface area contributed by atoms with Gasteiger partial charge in [0.25, 0.3) is 0 Å². The monoisotopic (exact) mass is 271 g/mol. The summed E-state index contributed by atoms with van der Waals surface area (Å²) in [7, 11) is 0. The molecule has 0 bridgehead atoms. The summed E-state index contributed by atoms with van der Waals surface area (Å²) in [4.78, 5) is 7.18. The largest absolute Gasteiger partial charge is 0.466 e. The number of hydrogen-bond donors (Lipinski definition) is 0. The smallest absolute Gasteiger partial charge is 0.179 e. The Hall–Kier alpha value is -1.81. The Morgan fingerprint density at radius 1 is 1.32 bits per heavy atom. The van der Waals surface area contributed by atoms with Crippen molar-refractivity contribution >= 4 is 22.8 Å². The van der Waals surface area contributed by atoms with E-state index in [4.69, 9.17) is 4.74 Å². The highest BCUT2D eigenvalue weighted by molar-refractivity contribution is 7.10. The molecular weight excluding hydrogens is 256 g/mol. The van der Waals surface area contributed by atoms with Crippen LogP contribution in [0.2, 0.25) is 0 Å². The number of hydrogen-bond acceptors (Lipinski definition) is 4. The molecule has 4 heteroatoms. The molecule has 19 heavy (non-hydrogen) atoms. The zero-order valence-corrected chi connectivity index (χ0v) is 11.7. The summed E-state index contributed by atoms with van der Waals surface area (Å²) in [5.41, 5.74) is 2.91. The number of nitrogens with zero attached hydrogens (tertiary/aromatic N) is 2. The topological polar surface area (TPSA) is 25.4 Å². The molecule has 1 unspecified atom stereocenters. The summed E-state index contributed by atoms with van der Waals surface area (Å²) >= 11 is 1.57. The van der Waals surface area contributed by atoms with Crippen LogP contribution in [0.15, 0.2) is 42.0 Å². The van der Waals surface area contributed by atoms with Crippen molar-refractivity contribution < 1.29 is 4.74 Å². The summed E-state index contributed by atoms with van der Waals surface area (Å²) in [6.45, 7) is 4.30. The molecule has 97 valence electrons. The number of rotatable bonds is 3. The van der Waals surface area contributed by atoms with E-state index in [1.165, 1.54) is 0 Å². The van der Waals surface area contributed by atoms with E-state index < -0.39 is 0 Å². The Bertz CT molecular complexity index is 563. The molecule has 0 amide bonds. The normalized spacial score (nSPS) is 18.6. The zero-order chi connectivity index (χ0) is 13.2. The van der Waals surface area contributed by atoms with Crippen molar-refractivity contribution in [1.29, 1.82) is 0 Å². The SMILES string of the molecule is CC(C)C1OC(c2cncs2)=[C]N1c1ccccc1. The molecule has 2 heterocycles. The van der Waals surface area contributed by atoms with Crippen molar-refractivity contribution in [2.45, 2.75) is 20.1 Å². The highest BCUT2D eigenvalue weighted by atomic mass is 32.1. The van der Waals surface area contributed by atoms with Crippen LogP contribution < -0.4 is 4.90 Å². The van der Waals surface area contributed by atoms with E-state index in [1.807, 2.05) is 29.9 Å². The molecule has 0 saturated heterocycles. The molecule has 3 nitrogen and oxygen atoms in total. The number of thiazole rings is 1. The van der Waals surface area contributed by atoms with E-state index >= 15 is 0 Å². The fourth-order valence-electron chi connectivity index (χ4n) is 2.05. The number of aromatic nitrogens is 1. The lowest BCUT2D eigenvalue weighted by atomic mass is 10.1. The Kier molecular flexibility index (Phi) is 3.25. The molecule has 0 fully saturated rings. The maximum absolute atomic E-state index is 6.04. The van der Waals surface area contributed by atoms with Crippen LogP contribution in [0.4, 0.5) is 5.69 Å². The Labute approximate surface area is 117 Å². The summed E-state index contributed by atoms with van der Waals surface area (Å²) in [6, 6.07) is 10.2. The third kappa shape index (κ3) is 2.36. The van der Waals surface area contributed by atoms with Crippen LogP contribution in [0, 0.1) is 12.1 Å². The average Bonchev–Trinajstić information content (AvgIpc) is 3.08. The van der Waals surface area contributed by atoms with Crippen LogP contribution in [0.25, 0.3) is 5.76 Å². The molecule has 1 aliphatic heterocycles. The molecule has 0 N–H and O–H groups in total. The second kappa shape index (κ2) is 5.05. The van der Waals surface area contributed by atoms with Crippen LogP contribution in [-0.2, 0) is 4.74 Å². The van der Waals surface area contributed by atoms with Gasteiger partial charge < -0.3 is 4.74 Å². The van der Waals surface area contributed by atoms with Crippen molar-refractivity contribution in [3.8, 4) is 0 Å². The van der Waals surface area contributed by atoms with Gasteiger partial charge in [-0.3, -0.25) is 9.88 Å². The minimum absolute atomic E-state index is 0.0144. The molecular formula is C15H15N2OS. The van der Waals surface area contributed by atoms with Gasteiger partial charge >= 0.3 is 0 Å². The highest BCUT2D eigenvalue weighted by Crippen LogP contribution is 2.34. The van der Waals surface area contributed by atoms with E-state index in [2.05, 4.69) is 42.1 Å². The van der Waals surface area contributed by atoms with Crippen molar-refractivity contribution in [3.63, 3.8) is 0 Å². The lowest BCUT2D eigenvalue weighted by Crippen LogP contribution is -2.32. The van der Waals surface area contributed by atoms with Crippen LogP contribution in [0.3, 0.4) is 0 Å². The van der Waals surface area contributed by atoms with E-state index in [0.717, 1.165) is 16.3 Å². The molecule has 0 spiro atoms. The fourth-order valence-corrected chi connectivity index (χ4v) is 2.61. The maximum Gasteiger partial charge on any atom is 0.179 e. The summed E-state index contributed by atoms with van der Waals surface area (Å²) in [5.74, 6) is 1.16. The van der Waals surface area contributed by atoms with Crippen LogP contribution in [-0.4, -0.2) is 11.2 Å². The fraction of sp³-hybridized carbons (Fsp3) is 0.267. The van der Waals surface area contributed by atoms with Gasteiger partial charge in [-0.1, -0.05) is 32.0 Å². The van der Waals surface area contributed by atoms with Gasteiger partial charge in [0.2, 0.25) is 0 Å². The number of para-hydroxylation sites is 1. The lowest BCUT2D eigenvalue weighted by Gasteiger charge is -2.26. The molecule has 1 aromatic heterocycles. The second-order valence-corrected chi connectivity index (χ2v) is 5.65. The van der Waals surface area contributed by atoms with Gasteiger partial charge in [0.15, 0.2) is 12.0 Å². The molecule has 2 aromatic rings. The number of benzene rings is 1. The second-order valence-electron chi connectivity index (χ2n) is 4.76. The lowest BCUT2D eigenvalue weighted by molar-refractivity contribution is 0.144. The Balaban J connectivity index is 1.95. The van der Waals surface area contributed by atoms with Crippen LogP contribution in [0.5, 0.6) is 0 Å². The maximum atomic E-state index is 6.04. The summed E-state index contributed by atoms with van der Waals surface area (Å²) in [6.07, 6.45) is 5.14. The standard InChI is InChI=1S/C15H15N2OS/c1-11(2)15-17(12-6-4-3-5-7-12)9-13(18-15)14-8-16-10-19-14/h3-8,10-11,15H,1-2H3. The minimum atomic E-state index is -0.0144. The van der Waals surface area contributed by atoms with E-state index in [9.17, 15) is 0 Å². The highest BCUT2D eigenvalue weighted by Gasteiger charge is 2.31. The van der Waals surface area contributed by atoms with Gasteiger partial charge in [-0.05, 0) is 12.1 Å². The molecule has 0 aliphatic carbocycles. The average molecular weight is 271 g/mol. The first-order chi connectivity index (χ1) is 9.25. The quantitative estimate of drug-likeness (QED) is 0.850. The van der Waals surface area contributed by atoms with Gasteiger partial charge in [0, 0.05) is 17.8 Å². The first-order valence-corrected chi connectivity index (χ1v) is 7.17. The molecule has 1 aliphatic rings. The van der Waals surface area contributed by atoms with Crippen LogP contribution >= 0.6 is 11.3 Å². The van der Waals surface area contributed by atoms with E-state index in [-0.39, 0.29) is 6.23 Å². The zero-order valence-electron chi connectivity index (χ0n) is 10.9. The first-order valence-electron chi connectivity index (χ1n) is 6.29. The van der Waals surface area contributed by atoms with Crippen molar-refractivity contribution in [3.05, 3.63) is 53.1 Å². The minimum Gasteiger partial charge on any atom is -0.466 e. The molecule has 1 radical (unpaired) electrons. The molecule has 3 rings (SSSR count).